The van der Waals surface area contributed by atoms with Gasteiger partial charge in [0.15, 0.2) is 0 Å². The molecular formula is C21H18ClN3O. The number of aromatic nitrogens is 1. The van der Waals surface area contributed by atoms with Gasteiger partial charge in [0.2, 0.25) is 5.91 Å². The third-order valence-corrected chi connectivity index (χ3v) is 4.84. The summed E-state index contributed by atoms with van der Waals surface area (Å²) in [6.07, 6.45) is 4.70. The molecular weight excluding hydrogens is 346 g/mol. The normalized spacial score (nSPS) is 16.6. The average molecular weight is 364 g/mol. The number of carbonyl (C=O) groups excluding carboxylic acids is 1. The van der Waals surface area contributed by atoms with E-state index in [1.807, 2.05) is 48.8 Å². The van der Waals surface area contributed by atoms with Crippen LogP contribution in [0.5, 0.6) is 0 Å². The smallest absolute Gasteiger partial charge is 0.240 e. The number of rotatable bonds is 3. The Balaban J connectivity index is 1.61. The van der Waals surface area contributed by atoms with Crippen LogP contribution in [0.1, 0.15) is 30.5 Å². The van der Waals surface area contributed by atoms with Gasteiger partial charge >= 0.3 is 0 Å². The van der Waals surface area contributed by atoms with E-state index in [9.17, 15) is 4.79 Å². The minimum atomic E-state index is -0.0936. The van der Waals surface area contributed by atoms with Crippen molar-refractivity contribution < 1.29 is 4.79 Å². The molecule has 0 spiro atoms. The highest BCUT2D eigenvalue weighted by molar-refractivity contribution is 6.30. The maximum atomic E-state index is 12.1. The maximum Gasteiger partial charge on any atom is 0.240 e. The second-order valence-electron chi connectivity index (χ2n) is 6.32. The highest BCUT2D eigenvalue weighted by Gasteiger charge is 2.31. The molecule has 2 heterocycles. The van der Waals surface area contributed by atoms with Gasteiger partial charge in [0.1, 0.15) is 0 Å². The number of hydrogen-bond donors (Lipinski definition) is 0. The second kappa shape index (κ2) is 6.81. The van der Waals surface area contributed by atoms with Gasteiger partial charge < -0.3 is 4.57 Å². The zero-order valence-electron chi connectivity index (χ0n) is 14.3. The lowest BCUT2D eigenvalue weighted by Gasteiger charge is -2.20. The van der Waals surface area contributed by atoms with Crippen LogP contribution in [-0.4, -0.2) is 21.2 Å². The monoisotopic (exact) mass is 363 g/mol. The van der Waals surface area contributed by atoms with E-state index in [2.05, 4.69) is 33.9 Å². The predicted molar refractivity (Wildman–Crippen MR) is 104 cm³/mol. The summed E-state index contributed by atoms with van der Waals surface area (Å²) >= 11 is 5.99. The van der Waals surface area contributed by atoms with Crippen molar-refractivity contribution >= 4 is 23.2 Å². The van der Waals surface area contributed by atoms with Gasteiger partial charge in [0.25, 0.3) is 0 Å². The first-order chi connectivity index (χ1) is 12.6. The number of benzene rings is 2. The topological polar surface area (TPSA) is 37.6 Å². The largest absolute Gasteiger partial charge is 0.324 e. The zero-order valence-corrected chi connectivity index (χ0v) is 15.1. The van der Waals surface area contributed by atoms with Crippen LogP contribution in [-0.2, 0) is 4.79 Å². The fourth-order valence-corrected chi connectivity index (χ4v) is 3.38. The summed E-state index contributed by atoms with van der Waals surface area (Å²) in [4.78, 5) is 12.1. The van der Waals surface area contributed by atoms with Crippen molar-refractivity contribution in [1.82, 2.24) is 9.58 Å². The molecule has 26 heavy (non-hydrogen) atoms. The Hall–Kier alpha value is -2.85. The molecule has 5 heteroatoms. The minimum Gasteiger partial charge on any atom is -0.324 e. The van der Waals surface area contributed by atoms with Crippen molar-refractivity contribution in [1.29, 1.82) is 0 Å². The van der Waals surface area contributed by atoms with Gasteiger partial charge in [0.05, 0.1) is 11.8 Å². The predicted octanol–water partition coefficient (Wildman–Crippen LogP) is 4.83. The molecule has 1 amide bonds. The summed E-state index contributed by atoms with van der Waals surface area (Å²) in [7, 11) is 0. The lowest BCUT2D eigenvalue weighted by molar-refractivity contribution is -0.130. The molecule has 1 atom stereocenters. The van der Waals surface area contributed by atoms with Crippen LogP contribution >= 0.6 is 11.6 Å². The standard InChI is InChI=1S/C21H18ClN3O/c1-15(26)25-21(17-4-8-18(22)9-5-17)14-20(23-25)16-6-10-19(11-7-16)24-12-2-3-13-24/h2-13,21H,14H2,1H3. The molecule has 0 radical (unpaired) electrons. The van der Waals surface area contributed by atoms with E-state index in [4.69, 9.17) is 11.6 Å². The van der Waals surface area contributed by atoms with Crippen molar-refractivity contribution in [3.63, 3.8) is 0 Å². The minimum absolute atomic E-state index is 0.0658. The highest BCUT2D eigenvalue weighted by Crippen LogP contribution is 2.33. The Bertz CT molecular complexity index is 944. The van der Waals surface area contributed by atoms with Crippen LogP contribution in [0.3, 0.4) is 0 Å². The summed E-state index contributed by atoms with van der Waals surface area (Å²) < 4.78 is 2.05. The number of nitrogens with zero attached hydrogens (tertiary/aromatic N) is 3. The Morgan fingerprint density at radius 2 is 1.69 bits per heavy atom. The number of amides is 1. The van der Waals surface area contributed by atoms with Crippen molar-refractivity contribution in [3.8, 4) is 5.69 Å². The third kappa shape index (κ3) is 3.16. The SMILES string of the molecule is CC(=O)N1N=C(c2ccc(-n3cccc3)cc2)CC1c1ccc(Cl)cc1. The van der Waals surface area contributed by atoms with E-state index in [-0.39, 0.29) is 11.9 Å². The van der Waals surface area contributed by atoms with Crippen LogP contribution in [0, 0.1) is 0 Å². The van der Waals surface area contributed by atoms with Crippen LogP contribution in [0.4, 0.5) is 0 Å². The van der Waals surface area contributed by atoms with Crippen LogP contribution in [0.2, 0.25) is 5.02 Å². The molecule has 3 aromatic rings. The number of hydrazone groups is 1. The Morgan fingerprint density at radius 1 is 1.04 bits per heavy atom. The van der Waals surface area contributed by atoms with Crippen LogP contribution in [0.15, 0.2) is 78.2 Å². The quantitative estimate of drug-likeness (QED) is 0.656. The summed E-state index contributed by atoms with van der Waals surface area (Å²) in [6, 6.07) is 19.7. The Morgan fingerprint density at radius 3 is 2.31 bits per heavy atom. The zero-order chi connectivity index (χ0) is 18.1. The summed E-state index contributed by atoms with van der Waals surface area (Å²) in [5.74, 6) is -0.0658. The maximum absolute atomic E-state index is 12.1. The van der Waals surface area contributed by atoms with Crippen molar-refractivity contribution in [3.05, 3.63) is 89.2 Å². The van der Waals surface area contributed by atoms with Crippen molar-refractivity contribution in [2.24, 2.45) is 5.10 Å². The number of carbonyl (C=O) groups is 1. The average Bonchev–Trinajstić information content (AvgIpc) is 3.33. The van der Waals surface area contributed by atoms with Gasteiger partial charge in [-0.2, -0.15) is 5.10 Å². The molecule has 1 unspecified atom stereocenters. The molecule has 2 aromatic carbocycles. The first kappa shape index (κ1) is 16.6. The summed E-state index contributed by atoms with van der Waals surface area (Å²) in [6.45, 7) is 1.55. The van der Waals surface area contributed by atoms with Crippen LogP contribution in [0.25, 0.3) is 5.69 Å². The fraction of sp³-hybridized carbons (Fsp3) is 0.143. The summed E-state index contributed by atoms with van der Waals surface area (Å²) in [5.41, 5.74) is 4.07. The molecule has 1 aliphatic rings. The molecule has 0 fully saturated rings. The van der Waals surface area contributed by atoms with Gasteiger partial charge in [-0.05, 0) is 47.5 Å². The molecule has 0 N–H and O–H groups in total. The molecule has 0 saturated carbocycles. The van der Waals surface area contributed by atoms with Gasteiger partial charge in [-0.3, -0.25) is 4.79 Å². The van der Waals surface area contributed by atoms with E-state index >= 15 is 0 Å². The van der Waals surface area contributed by atoms with E-state index in [0.717, 1.165) is 22.5 Å². The van der Waals surface area contributed by atoms with Gasteiger partial charge in [-0.25, -0.2) is 5.01 Å². The Labute approximate surface area is 157 Å². The second-order valence-corrected chi connectivity index (χ2v) is 6.76. The molecule has 4 nitrogen and oxygen atoms in total. The molecule has 1 aliphatic heterocycles. The lowest BCUT2D eigenvalue weighted by Crippen LogP contribution is -2.24. The molecule has 0 saturated heterocycles. The van der Waals surface area contributed by atoms with Crippen molar-refractivity contribution in [2.75, 3.05) is 0 Å². The number of halogens is 1. The van der Waals surface area contributed by atoms with Gasteiger partial charge in [-0.15, -0.1) is 0 Å². The molecule has 0 aliphatic carbocycles. The fourth-order valence-electron chi connectivity index (χ4n) is 3.25. The number of hydrogen-bond acceptors (Lipinski definition) is 2. The molecule has 4 rings (SSSR count). The first-order valence-corrected chi connectivity index (χ1v) is 8.86. The van der Waals surface area contributed by atoms with Gasteiger partial charge in [0, 0.05) is 36.4 Å². The van der Waals surface area contributed by atoms with Crippen LogP contribution < -0.4 is 0 Å². The molecule has 0 bridgehead atoms. The van der Waals surface area contributed by atoms with Crippen molar-refractivity contribution in [2.45, 2.75) is 19.4 Å². The molecule has 1 aromatic heterocycles. The van der Waals surface area contributed by atoms with E-state index in [1.165, 1.54) is 0 Å². The van der Waals surface area contributed by atoms with E-state index in [1.54, 1.807) is 11.9 Å². The summed E-state index contributed by atoms with van der Waals surface area (Å²) in [5, 5.41) is 6.84. The van der Waals surface area contributed by atoms with E-state index < -0.39 is 0 Å². The lowest BCUT2D eigenvalue weighted by atomic mass is 9.98. The Kier molecular flexibility index (Phi) is 4.35. The van der Waals surface area contributed by atoms with Gasteiger partial charge in [-0.1, -0.05) is 35.9 Å². The third-order valence-electron chi connectivity index (χ3n) is 4.59. The molecule has 130 valence electrons. The highest BCUT2D eigenvalue weighted by atomic mass is 35.5. The first-order valence-electron chi connectivity index (χ1n) is 8.48. The van der Waals surface area contributed by atoms with E-state index in [0.29, 0.717) is 11.4 Å².